The van der Waals surface area contributed by atoms with Gasteiger partial charge in [0.2, 0.25) is 11.8 Å². The number of nitrogens with one attached hydrogen (secondary N) is 1. The molecule has 1 aromatic heterocycles. The molecule has 2 amide bonds. The first kappa shape index (κ1) is 20.1. The maximum Gasteiger partial charge on any atom is 0.226 e. The maximum absolute atomic E-state index is 12.9. The zero-order valence-electron chi connectivity index (χ0n) is 16.7. The molecular weight excluding hydrogens is 398 g/mol. The number of carbonyl (C=O) groups is 2. The Morgan fingerprint density at radius 3 is 2.80 bits per heavy atom. The van der Waals surface area contributed by atoms with Crippen LogP contribution in [0.1, 0.15) is 36.2 Å². The smallest absolute Gasteiger partial charge is 0.226 e. The Hall–Kier alpha value is -3.19. The third kappa shape index (κ3) is 4.52. The largest absolute Gasteiger partial charge is 0.485 e. The first-order valence-electron chi connectivity index (χ1n) is 9.85. The van der Waals surface area contributed by atoms with Gasteiger partial charge < -0.3 is 15.0 Å². The van der Waals surface area contributed by atoms with Gasteiger partial charge in [-0.25, -0.2) is 4.98 Å². The van der Waals surface area contributed by atoms with Crippen LogP contribution in [0, 0.1) is 0 Å². The zero-order valence-corrected chi connectivity index (χ0v) is 17.5. The topological polar surface area (TPSA) is 71.5 Å². The van der Waals surface area contributed by atoms with E-state index in [0.717, 1.165) is 17.7 Å². The van der Waals surface area contributed by atoms with Gasteiger partial charge in [0.15, 0.2) is 0 Å². The van der Waals surface area contributed by atoms with Gasteiger partial charge in [-0.05, 0) is 29.7 Å². The molecule has 2 aromatic carbocycles. The van der Waals surface area contributed by atoms with Crippen molar-refractivity contribution in [3.05, 3.63) is 76.2 Å². The molecule has 0 fully saturated rings. The number of benzene rings is 2. The summed E-state index contributed by atoms with van der Waals surface area (Å²) in [6, 6.07) is 15.1. The van der Waals surface area contributed by atoms with Crippen LogP contribution in [0.2, 0.25) is 0 Å². The summed E-state index contributed by atoms with van der Waals surface area (Å²) in [7, 11) is 0. The van der Waals surface area contributed by atoms with Gasteiger partial charge in [0.1, 0.15) is 12.4 Å². The van der Waals surface area contributed by atoms with Gasteiger partial charge in [-0.2, -0.15) is 0 Å². The maximum atomic E-state index is 12.9. The van der Waals surface area contributed by atoms with E-state index in [2.05, 4.69) is 16.4 Å². The second-order valence-electron chi connectivity index (χ2n) is 7.19. The Kier molecular flexibility index (Phi) is 6.09. The van der Waals surface area contributed by atoms with Crippen molar-refractivity contribution >= 4 is 28.8 Å². The molecule has 1 N–H and O–H groups in total. The van der Waals surface area contributed by atoms with E-state index < -0.39 is 0 Å². The van der Waals surface area contributed by atoms with Crippen LogP contribution >= 0.6 is 11.3 Å². The molecule has 3 aromatic rings. The molecule has 7 heteroatoms. The SMILES string of the molecule is CC(=O)N1CCc2ccccc2C1CC(=O)Nc1ccccc1OCc1cscn1. The van der Waals surface area contributed by atoms with E-state index in [-0.39, 0.29) is 24.3 Å². The minimum absolute atomic E-state index is 0.0192. The molecule has 1 unspecified atom stereocenters. The van der Waals surface area contributed by atoms with E-state index in [1.807, 2.05) is 47.8 Å². The summed E-state index contributed by atoms with van der Waals surface area (Å²) >= 11 is 1.51. The Labute approximate surface area is 179 Å². The molecule has 154 valence electrons. The first-order chi connectivity index (χ1) is 14.6. The average molecular weight is 422 g/mol. The number of anilines is 1. The molecule has 0 saturated carbocycles. The van der Waals surface area contributed by atoms with Crippen LogP contribution < -0.4 is 10.1 Å². The van der Waals surface area contributed by atoms with Gasteiger partial charge in [-0.3, -0.25) is 9.59 Å². The normalized spacial score (nSPS) is 15.4. The fourth-order valence-electron chi connectivity index (χ4n) is 3.78. The molecule has 0 saturated heterocycles. The van der Waals surface area contributed by atoms with Crippen LogP contribution in [0.4, 0.5) is 5.69 Å². The third-order valence-electron chi connectivity index (χ3n) is 5.22. The molecule has 6 nitrogen and oxygen atoms in total. The molecule has 4 rings (SSSR count). The number of aromatic nitrogens is 1. The van der Waals surface area contributed by atoms with E-state index in [4.69, 9.17) is 4.74 Å². The van der Waals surface area contributed by atoms with Crippen molar-refractivity contribution in [2.75, 3.05) is 11.9 Å². The lowest BCUT2D eigenvalue weighted by atomic mass is 9.90. The van der Waals surface area contributed by atoms with Gasteiger partial charge in [-0.1, -0.05) is 36.4 Å². The molecule has 0 spiro atoms. The highest BCUT2D eigenvalue weighted by atomic mass is 32.1. The predicted octanol–water partition coefficient (Wildman–Crippen LogP) is 4.20. The number of ether oxygens (including phenoxy) is 1. The van der Waals surface area contributed by atoms with Crippen molar-refractivity contribution < 1.29 is 14.3 Å². The van der Waals surface area contributed by atoms with E-state index in [1.54, 1.807) is 17.3 Å². The Balaban J connectivity index is 1.48. The lowest BCUT2D eigenvalue weighted by molar-refractivity contribution is -0.132. The van der Waals surface area contributed by atoms with Crippen LogP contribution in [-0.4, -0.2) is 28.2 Å². The standard InChI is InChI=1S/C23H23N3O3S/c1-16(27)26-11-10-17-6-2-3-7-19(17)21(26)12-23(28)25-20-8-4-5-9-22(20)29-13-18-14-30-15-24-18/h2-9,14-15,21H,10-13H2,1H3,(H,25,28). The van der Waals surface area contributed by atoms with Crippen LogP contribution in [0.25, 0.3) is 0 Å². The number of amides is 2. The summed E-state index contributed by atoms with van der Waals surface area (Å²) in [6.45, 7) is 2.52. The summed E-state index contributed by atoms with van der Waals surface area (Å²) in [5, 5.41) is 4.89. The van der Waals surface area contributed by atoms with Gasteiger partial charge in [0.25, 0.3) is 0 Å². The number of fused-ring (bicyclic) bond motifs is 1. The molecule has 0 bridgehead atoms. The predicted molar refractivity (Wildman–Crippen MR) is 116 cm³/mol. The lowest BCUT2D eigenvalue weighted by Crippen LogP contribution is -2.40. The highest BCUT2D eigenvalue weighted by molar-refractivity contribution is 7.07. The molecule has 0 radical (unpaired) electrons. The second kappa shape index (κ2) is 9.09. The van der Waals surface area contributed by atoms with Crippen molar-refractivity contribution in [1.29, 1.82) is 0 Å². The van der Waals surface area contributed by atoms with Crippen molar-refractivity contribution in [3.8, 4) is 5.75 Å². The minimum atomic E-state index is -0.268. The van der Waals surface area contributed by atoms with E-state index in [9.17, 15) is 9.59 Å². The van der Waals surface area contributed by atoms with Gasteiger partial charge >= 0.3 is 0 Å². The van der Waals surface area contributed by atoms with E-state index in [0.29, 0.717) is 24.6 Å². The quantitative estimate of drug-likeness (QED) is 0.648. The van der Waals surface area contributed by atoms with Gasteiger partial charge in [0, 0.05) is 18.8 Å². The molecule has 0 aliphatic carbocycles. The summed E-state index contributed by atoms with van der Waals surface area (Å²) < 4.78 is 5.85. The summed E-state index contributed by atoms with van der Waals surface area (Å²) in [6.07, 6.45) is 0.998. The fraction of sp³-hybridized carbons (Fsp3) is 0.261. The van der Waals surface area contributed by atoms with Crippen LogP contribution in [0.15, 0.2) is 59.4 Å². The summed E-state index contributed by atoms with van der Waals surface area (Å²) in [4.78, 5) is 31.1. The number of carbonyl (C=O) groups excluding carboxylic acids is 2. The number of nitrogens with zero attached hydrogens (tertiary/aromatic N) is 2. The highest BCUT2D eigenvalue weighted by Gasteiger charge is 2.30. The van der Waals surface area contributed by atoms with Crippen LogP contribution in [0.3, 0.4) is 0 Å². The second-order valence-corrected chi connectivity index (χ2v) is 7.91. The number of thiazole rings is 1. The lowest BCUT2D eigenvalue weighted by Gasteiger charge is -2.36. The molecule has 1 aliphatic rings. The zero-order chi connectivity index (χ0) is 20.9. The Morgan fingerprint density at radius 1 is 1.20 bits per heavy atom. The molecule has 30 heavy (non-hydrogen) atoms. The van der Waals surface area contributed by atoms with Crippen LogP contribution in [-0.2, 0) is 22.6 Å². The minimum Gasteiger partial charge on any atom is -0.485 e. The first-order valence-corrected chi connectivity index (χ1v) is 10.8. The molecule has 1 aliphatic heterocycles. The van der Waals surface area contributed by atoms with Crippen LogP contribution in [0.5, 0.6) is 5.75 Å². The van der Waals surface area contributed by atoms with Crippen molar-refractivity contribution in [1.82, 2.24) is 9.88 Å². The molecule has 1 atom stereocenters. The average Bonchev–Trinajstić information content (AvgIpc) is 3.27. The van der Waals surface area contributed by atoms with Crippen molar-refractivity contribution in [2.24, 2.45) is 0 Å². The van der Waals surface area contributed by atoms with Gasteiger partial charge in [0.05, 0.1) is 29.4 Å². The highest BCUT2D eigenvalue weighted by Crippen LogP contribution is 2.33. The fourth-order valence-corrected chi connectivity index (χ4v) is 4.32. The Morgan fingerprint density at radius 2 is 2.00 bits per heavy atom. The summed E-state index contributed by atoms with van der Waals surface area (Å²) in [5.74, 6) is 0.410. The number of hydrogen-bond acceptors (Lipinski definition) is 5. The van der Waals surface area contributed by atoms with Crippen molar-refractivity contribution in [3.63, 3.8) is 0 Å². The number of hydrogen-bond donors (Lipinski definition) is 1. The Bertz CT molecular complexity index is 1040. The van der Waals surface area contributed by atoms with Crippen molar-refractivity contribution in [2.45, 2.75) is 32.4 Å². The monoisotopic (exact) mass is 421 g/mol. The van der Waals surface area contributed by atoms with E-state index >= 15 is 0 Å². The molecular formula is C23H23N3O3S. The number of para-hydroxylation sites is 2. The summed E-state index contributed by atoms with van der Waals surface area (Å²) in [5.41, 5.74) is 5.45. The third-order valence-corrected chi connectivity index (χ3v) is 5.85. The molecule has 2 heterocycles. The number of rotatable bonds is 6. The van der Waals surface area contributed by atoms with Gasteiger partial charge in [-0.15, -0.1) is 11.3 Å². The van der Waals surface area contributed by atoms with E-state index in [1.165, 1.54) is 16.9 Å².